The van der Waals surface area contributed by atoms with Gasteiger partial charge in [-0.3, -0.25) is 34.2 Å². The van der Waals surface area contributed by atoms with Crippen LogP contribution >= 0.6 is 0 Å². The van der Waals surface area contributed by atoms with Gasteiger partial charge in [-0.1, -0.05) is 12.5 Å². The van der Waals surface area contributed by atoms with E-state index in [4.69, 9.17) is 4.98 Å². The van der Waals surface area contributed by atoms with Crippen molar-refractivity contribution in [1.82, 2.24) is 30.3 Å². The number of amides is 4. The lowest BCUT2D eigenvalue weighted by Crippen LogP contribution is -2.52. The van der Waals surface area contributed by atoms with E-state index in [0.717, 1.165) is 36.1 Å². The summed E-state index contributed by atoms with van der Waals surface area (Å²) < 4.78 is 1.74. The summed E-state index contributed by atoms with van der Waals surface area (Å²) >= 11 is 0. The fourth-order valence-corrected chi connectivity index (χ4v) is 5.59. The van der Waals surface area contributed by atoms with Crippen LogP contribution in [-0.4, -0.2) is 49.3 Å². The standard InChI is InChI=1S/C28H28N6O4/c1-33-14-19(13-30-33)20-6-3-11-29-25(20)24(16-4-2-5-16)32-26(36)17-7-8-21-18(12-17)15-34(28(21)38)22-9-10-23(35)31-27(22)37/h3,6-8,11-14,16,22,24H,2,4-5,9-10,15H2,1H3,(H,32,36)(H,31,35,37)/t22-,24?/m0/s1. The summed E-state index contributed by atoms with van der Waals surface area (Å²) in [5.41, 5.74) is 4.33. The molecule has 2 aromatic heterocycles. The first-order valence-electron chi connectivity index (χ1n) is 12.9. The first-order valence-corrected chi connectivity index (χ1v) is 12.9. The van der Waals surface area contributed by atoms with Gasteiger partial charge in [0, 0.05) is 54.7 Å². The highest BCUT2D eigenvalue weighted by atomic mass is 16.2. The maximum absolute atomic E-state index is 13.5. The average molecular weight is 513 g/mol. The zero-order chi connectivity index (χ0) is 26.4. The molecule has 2 fully saturated rings. The summed E-state index contributed by atoms with van der Waals surface area (Å²) in [4.78, 5) is 56.6. The Balaban J connectivity index is 1.25. The van der Waals surface area contributed by atoms with Crippen LogP contribution in [-0.2, 0) is 23.2 Å². The molecule has 0 radical (unpaired) electrons. The van der Waals surface area contributed by atoms with Crippen LogP contribution in [0.1, 0.15) is 70.1 Å². The van der Waals surface area contributed by atoms with Gasteiger partial charge >= 0.3 is 0 Å². The second-order valence-electron chi connectivity index (χ2n) is 10.3. The van der Waals surface area contributed by atoms with Crippen LogP contribution in [0.25, 0.3) is 11.1 Å². The quantitative estimate of drug-likeness (QED) is 0.489. The number of fused-ring (bicyclic) bond motifs is 1. The van der Waals surface area contributed by atoms with Crippen LogP contribution in [0.2, 0.25) is 0 Å². The van der Waals surface area contributed by atoms with Gasteiger partial charge in [0.15, 0.2) is 0 Å². The topological polar surface area (TPSA) is 126 Å². The van der Waals surface area contributed by atoms with E-state index >= 15 is 0 Å². The first kappa shape index (κ1) is 24.0. The number of imide groups is 1. The third-order valence-corrected chi connectivity index (χ3v) is 7.84. The van der Waals surface area contributed by atoms with Gasteiger partial charge in [0.2, 0.25) is 11.8 Å². The molecule has 38 heavy (non-hydrogen) atoms. The molecule has 1 unspecified atom stereocenters. The van der Waals surface area contributed by atoms with Crippen molar-refractivity contribution in [1.29, 1.82) is 0 Å². The molecule has 2 atom stereocenters. The Morgan fingerprint density at radius 3 is 2.68 bits per heavy atom. The number of rotatable bonds is 6. The minimum absolute atomic E-state index is 0.196. The summed E-state index contributed by atoms with van der Waals surface area (Å²) in [5.74, 6) is -0.996. The molecule has 1 aromatic carbocycles. The molecule has 1 saturated carbocycles. The summed E-state index contributed by atoms with van der Waals surface area (Å²) in [6.45, 7) is 0.221. The number of benzene rings is 1. The molecule has 6 rings (SSSR count). The Kier molecular flexibility index (Phi) is 6.01. The number of piperidine rings is 1. The third kappa shape index (κ3) is 4.25. The van der Waals surface area contributed by atoms with Crippen LogP contribution in [0.4, 0.5) is 0 Å². The highest BCUT2D eigenvalue weighted by Crippen LogP contribution is 2.40. The number of aryl methyl sites for hydroxylation is 1. The number of carbonyl (C=O) groups is 4. The number of hydrogen-bond acceptors (Lipinski definition) is 6. The Hall–Kier alpha value is -4.34. The molecule has 194 valence electrons. The van der Waals surface area contributed by atoms with Crippen LogP contribution in [0.3, 0.4) is 0 Å². The summed E-state index contributed by atoms with van der Waals surface area (Å²) in [6.07, 6.45) is 9.10. The minimum Gasteiger partial charge on any atom is -0.343 e. The van der Waals surface area contributed by atoms with Gasteiger partial charge in [0.05, 0.1) is 17.9 Å². The zero-order valence-electron chi connectivity index (χ0n) is 21.0. The van der Waals surface area contributed by atoms with Crippen LogP contribution in [0.15, 0.2) is 48.9 Å². The Morgan fingerprint density at radius 2 is 1.97 bits per heavy atom. The van der Waals surface area contributed by atoms with Crippen molar-refractivity contribution >= 4 is 23.6 Å². The Morgan fingerprint density at radius 1 is 1.13 bits per heavy atom. The van der Waals surface area contributed by atoms with Crippen molar-refractivity contribution in [2.45, 2.75) is 50.7 Å². The van der Waals surface area contributed by atoms with Gasteiger partial charge in [0.25, 0.3) is 11.8 Å². The van der Waals surface area contributed by atoms with Crippen molar-refractivity contribution in [2.75, 3.05) is 0 Å². The largest absolute Gasteiger partial charge is 0.343 e. The van der Waals surface area contributed by atoms with Crippen LogP contribution in [0, 0.1) is 5.92 Å². The highest BCUT2D eigenvalue weighted by Gasteiger charge is 2.39. The van der Waals surface area contributed by atoms with Crippen LogP contribution in [0.5, 0.6) is 0 Å². The normalized spacial score (nSPS) is 20.1. The monoisotopic (exact) mass is 512 g/mol. The number of pyridine rings is 1. The minimum atomic E-state index is -0.692. The van der Waals surface area contributed by atoms with E-state index in [-0.39, 0.29) is 42.6 Å². The molecule has 0 bridgehead atoms. The van der Waals surface area contributed by atoms with Crippen molar-refractivity contribution in [3.05, 3.63) is 71.3 Å². The smallest absolute Gasteiger partial charge is 0.255 e. The summed E-state index contributed by atoms with van der Waals surface area (Å²) in [7, 11) is 1.87. The molecular weight excluding hydrogens is 484 g/mol. The van der Waals surface area contributed by atoms with Gasteiger partial charge in [0.1, 0.15) is 6.04 Å². The van der Waals surface area contributed by atoms with E-state index in [9.17, 15) is 19.2 Å². The van der Waals surface area contributed by atoms with Gasteiger partial charge in [-0.05, 0) is 55.0 Å². The van der Waals surface area contributed by atoms with Crippen LogP contribution < -0.4 is 10.6 Å². The molecule has 4 heterocycles. The second-order valence-corrected chi connectivity index (χ2v) is 10.3. The fraction of sp³-hybridized carbons (Fsp3) is 0.357. The van der Waals surface area contributed by atoms with E-state index in [1.807, 2.05) is 25.4 Å². The molecule has 3 aliphatic rings. The lowest BCUT2D eigenvalue weighted by atomic mass is 9.77. The van der Waals surface area contributed by atoms with E-state index in [1.165, 1.54) is 4.90 Å². The van der Waals surface area contributed by atoms with E-state index < -0.39 is 11.9 Å². The molecule has 3 aromatic rings. The summed E-state index contributed by atoms with van der Waals surface area (Å²) in [6, 6.07) is 7.97. The van der Waals surface area contributed by atoms with Crippen molar-refractivity contribution in [3.63, 3.8) is 0 Å². The number of nitrogens with one attached hydrogen (secondary N) is 2. The molecule has 10 nitrogen and oxygen atoms in total. The molecule has 2 N–H and O–H groups in total. The van der Waals surface area contributed by atoms with E-state index in [2.05, 4.69) is 15.7 Å². The number of nitrogens with zero attached hydrogens (tertiary/aromatic N) is 4. The number of aromatic nitrogens is 3. The molecule has 4 amide bonds. The SMILES string of the molecule is Cn1cc(-c2cccnc2C(NC(=O)c2ccc3c(c2)CN([C@H]2CCC(=O)NC2=O)C3=O)C2CCC2)cn1. The molecule has 2 aliphatic heterocycles. The zero-order valence-corrected chi connectivity index (χ0v) is 21.0. The maximum atomic E-state index is 13.5. The predicted octanol–water partition coefficient (Wildman–Crippen LogP) is 2.51. The maximum Gasteiger partial charge on any atom is 0.255 e. The van der Waals surface area contributed by atoms with Gasteiger partial charge in [-0.15, -0.1) is 0 Å². The lowest BCUT2D eigenvalue weighted by Gasteiger charge is -2.34. The van der Waals surface area contributed by atoms with Gasteiger partial charge < -0.3 is 10.2 Å². The highest BCUT2D eigenvalue weighted by molar-refractivity contribution is 6.06. The average Bonchev–Trinajstić information content (AvgIpc) is 3.45. The molecule has 0 spiro atoms. The molecule has 10 heteroatoms. The van der Waals surface area contributed by atoms with E-state index in [1.54, 1.807) is 35.3 Å². The van der Waals surface area contributed by atoms with Crippen molar-refractivity contribution in [2.24, 2.45) is 13.0 Å². The fourth-order valence-electron chi connectivity index (χ4n) is 5.59. The molecule has 1 saturated heterocycles. The Bertz CT molecular complexity index is 1460. The van der Waals surface area contributed by atoms with Crippen molar-refractivity contribution < 1.29 is 19.2 Å². The summed E-state index contributed by atoms with van der Waals surface area (Å²) in [5, 5.41) is 9.84. The Labute approximate surface area is 219 Å². The van der Waals surface area contributed by atoms with E-state index in [0.29, 0.717) is 23.1 Å². The first-order chi connectivity index (χ1) is 18.4. The number of carbonyl (C=O) groups excluding carboxylic acids is 4. The van der Waals surface area contributed by atoms with Gasteiger partial charge in [-0.25, -0.2) is 0 Å². The lowest BCUT2D eigenvalue weighted by molar-refractivity contribution is -0.136. The number of hydrogen-bond donors (Lipinski definition) is 2. The molecule has 1 aliphatic carbocycles. The molecular formula is C28H28N6O4. The predicted molar refractivity (Wildman–Crippen MR) is 136 cm³/mol. The second kappa shape index (κ2) is 9.51. The van der Waals surface area contributed by atoms with Gasteiger partial charge in [-0.2, -0.15) is 5.10 Å². The van der Waals surface area contributed by atoms with Crippen molar-refractivity contribution in [3.8, 4) is 11.1 Å². The third-order valence-electron chi connectivity index (χ3n) is 7.84.